The topological polar surface area (TPSA) is 75.6 Å². The van der Waals surface area contributed by atoms with Crippen molar-refractivity contribution >= 4 is 11.8 Å². The third-order valence-electron chi connectivity index (χ3n) is 5.58. The normalized spacial score (nSPS) is 18.7. The monoisotopic (exact) mass is 380 g/mol. The number of rotatable bonds is 3. The highest BCUT2D eigenvalue weighted by molar-refractivity contribution is 5.97. The SMILES string of the molecule is COc1ccccc1C(=O)N1CC[C@H](c2ncc3c(n2)CCN(C(C)=O)C3)C1. The zero-order valence-corrected chi connectivity index (χ0v) is 16.2. The number of ether oxygens (including phenoxy) is 1. The van der Waals surface area contributed by atoms with Gasteiger partial charge in [-0.15, -0.1) is 0 Å². The number of hydrogen-bond acceptors (Lipinski definition) is 5. The van der Waals surface area contributed by atoms with Crippen LogP contribution in [0.25, 0.3) is 0 Å². The number of amides is 2. The molecular weight excluding hydrogens is 356 g/mol. The Morgan fingerprint density at radius 1 is 1.18 bits per heavy atom. The van der Waals surface area contributed by atoms with Crippen LogP contribution in [0.5, 0.6) is 5.75 Å². The zero-order chi connectivity index (χ0) is 19.7. The second-order valence-corrected chi connectivity index (χ2v) is 7.33. The van der Waals surface area contributed by atoms with E-state index in [1.807, 2.05) is 28.1 Å². The molecule has 0 saturated carbocycles. The van der Waals surface area contributed by atoms with Crippen LogP contribution in [0.1, 0.15) is 46.7 Å². The molecule has 1 atom stereocenters. The molecule has 1 saturated heterocycles. The molecule has 0 N–H and O–H groups in total. The van der Waals surface area contributed by atoms with Gasteiger partial charge in [0.25, 0.3) is 5.91 Å². The number of carbonyl (C=O) groups excluding carboxylic acids is 2. The van der Waals surface area contributed by atoms with E-state index >= 15 is 0 Å². The van der Waals surface area contributed by atoms with Crippen molar-refractivity contribution in [1.29, 1.82) is 0 Å². The molecule has 7 nitrogen and oxygen atoms in total. The molecule has 3 heterocycles. The Labute approximate surface area is 164 Å². The van der Waals surface area contributed by atoms with Crippen molar-refractivity contribution in [3.8, 4) is 5.75 Å². The summed E-state index contributed by atoms with van der Waals surface area (Å²) in [5.74, 6) is 1.59. The number of methoxy groups -OCH3 is 1. The summed E-state index contributed by atoms with van der Waals surface area (Å²) in [6.45, 7) is 4.15. The van der Waals surface area contributed by atoms with Crippen molar-refractivity contribution in [2.45, 2.75) is 32.2 Å². The van der Waals surface area contributed by atoms with Gasteiger partial charge in [-0.2, -0.15) is 0 Å². The van der Waals surface area contributed by atoms with E-state index in [2.05, 4.69) is 4.98 Å². The number of likely N-dealkylation sites (tertiary alicyclic amines) is 1. The first-order chi connectivity index (χ1) is 13.6. The van der Waals surface area contributed by atoms with Crippen molar-refractivity contribution in [2.75, 3.05) is 26.7 Å². The Morgan fingerprint density at radius 2 is 2.00 bits per heavy atom. The highest BCUT2D eigenvalue weighted by atomic mass is 16.5. The van der Waals surface area contributed by atoms with Crippen LogP contribution in [0.15, 0.2) is 30.5 Å². The first kappa shape index (κ1) is 18.4. The van der Waals surface area contributed by atoms with Gasteiger partial charge >= 0.3 is 0 Å². The molecular formula is C21H24N4O3. The number of carbonyl (C=O) groups is 2. The lowest BCUT2D eigenvalue weighted by atomic mass is 10.0. The minimum absolute atomic E-state index is 0.0185. The number of benzene rings is 1. The predicted octanol–water partition coefficient (Wildman–Crippen LogP) is 2.02. The van der Waals surface area contributed by atoms with Gasteiger partial charge in [-0.05, 0) is 18.6 Å². The van der Waals surface area contributed by atoms with E-state index in [-0.39, 0.29) is 17.7 Å². The molecule has 0 aliphatic carbocycles. The fourth-order valence-electron chi connectivity index (χ4n) is 3.94. The van der Waals surface area contributed by atoms with Crippen LogP contribution in [0, 0.1) is 0 Å². The standard InChI is InChI=1S/C21H24N4O3/c1-14(26)24-10-8-18-16(13-24)11-22-20(23-18)15-7-9-25(12-15)21(27)17-5-3-4-6-19(17)28-2/h3-6,11,15H,7-10,12-13H2,1-2H3/t15-/m0/s1. The van der Waals surface area contributed by atoms with Crippen molar-refractivity contribution in [2.24, 2.45) is 0 Å². The van der Waals surface area contributed by atoms with E-state index in [0.29, 0.717) is 37.5 Å². The predicted molar refractivity (Wildman–Crippen MR) is 103 cm³/mol. The van der Waals surface area contributed by atoms with E-state index in [0.717, 1.165) is 29.9 Å². The maximum Gasteiger partial charge on any atom is 0.257 e. The third-order valence-corrected chi connectivity index (χ3v) is 5.58. The summed E-state index contributed by atoms with van der Waals surface area (Å²) in [7, 11) is 1.58. The smallest absolute Gasteiger partial charge is 0.257 e. The van der Waals surface area contributed by atoms with E-state index in [1.54, 1.807) is 26.2 Å². The summed E-state index contributed by atoms with van der Waals surface area (Å²) in [6, 6.07) is 7.30. The van der Waals surface area contributed by atoms with E-state index < -0.39 is 0 Å². The van der Waals surface area contributed by atoms with Gasteiger partial charge in [0.05, 0.1) is 18.4 Å². The molecule has 0 bridgehead atoms. The maximum absolute atomic E-state index is 12.9. The van der Waals surface area contributed by atoms with Crippen molar-refractivity contribution < 1.29 is 14.3 Å². The second-order valence-electron chi connectivity index (χ2n) is 7.33. The number of aromatic nitrogens is 2. The average Bonchev–Trinajstić information content (AvgIpc) is 3.22. The molecule has 0 spiro atoms. The Balaban J connectivity index is 1.47. The summed E-state index contributed by atoms with van der Waals surface area (Å²) in [5.41, 5.74) is 2.63. The lowest BCUT2D eigenvalue weighted by molar-refractivity contribution is -0.129. The Kier molecular flexibility index (Phi) is 4.98. The summed E-state index contributed by atoms with van der Waals surface area (Å²) in [4.78, 5) is 37.5. The highest BCUT2D eigenvalue weighted by Crippen LogP contribution is 2.29. The Morgan fingerprint density at radius 3 is 2.79 bits per heavy atom. The molecule has 4 rings (SSSR count). The van der Waals surface area contributed by atoms with Gasteiger partial charge in [-0.25, -0.2) is 9.97 Å². The molecule has 0 radical (unpaired) electrons. The van der Waals surface area contributed by atoms with E-state index in [1.165, 1.54) is 0 Å². The molecule has 2 amide bonds. The quantitative estimate of drug-likeness (QED) is 0.814. The largest absolute Gasteiger partial charge is 0.496 e. The molecule has 0 unspecified atom stereocenters. The molecule has 7 heteroatoms. The van der Waals surface area contributed by atoms with Gasteiger partial charge in [0, 0.05) is 57.2 Å². The Bertz CT molecular complexity index is 914. The first-order valence-electron chi connectivity index (χ1n) is 9.59. The number of fused-ring (bicyclic) bond motifs is 1. The van der Waals surface area contributed by atoms with Gasteiger partial charge in [0.1, 0.15) is 11.6 Å². The van der Waals surface area contributed by atoms with Crippen molar-refractivity contribution in [3.05, 3.63) is 53.1 Å². The number of nitrogens with zero attached hydrogens (tertiary/aromatic N) is 4. The van der Waals surface area contributed by atoms with Crippen LogP contribution in [0.3, 0.4) is 0 Å². The zero-order valence-electron chi connectivity index (χ0n) is 16.2. The van der Waals surface area contributed by atoms with Crippen molar-refractivity contribution in [3.63, 3.8) is 0 Å². The number of para-hydroxylation sites is 1. The highest BCUT2D eigenvalue weighted by Gasteiger charge is 2.31. The summed E-state index contributed by atoms with van der Waals surface area (Å²) >= 11 is 0. The lowest BCUT2D eigenvalue weighted by Gasteiger charge is -2.27. The van der Waals surface area contributed by atoms with Crippen LogP contribution in [-0.2, 0) is 17.8 Å². The van der Waals surface area contributed by atoms with Crippen LogP contribution in [-0.4, -0.2) is 58.3 Å². The van der Waals surface area contributed by atoms with E-state index in [9.17, 15) is 9.59 Å². The van der Waals surface area contributed by atoms with Gasteiger partial charge in [0.15, 0.2) is 0 Å². The second kappa shape index (κ2) is 7.58. The summed E-state index contributed by atoms with van der Waals surface area (Å²) in [6.07, 6.45) is 3.44. The molecule has 146 valence electrons. The maximum atomic E-state index is 12.9. The molecule has 1 fully saturated rings. The van der Waals surface area contributed by atoms with Crippen LogP contribution in [0.4, 0.5) is 0 Å². The number of hydrogen-bond donors (Lipinski definition) is 0. The van der Waals surface area contributed by atoms with Gasteiger partial charge in [-0.1, -0.05) is 12.1 Å². The molecule has 2 aromatic rings. The molecule has 1 aromatic carbocycles. The third kappa shape index (κ3) is 3.44. The Hall–Kier alpha value is -2.96. The minimum Gasteiger partial charge on any atom is -0.496 e. The van der Waals surface area contributed by atoms with Gasteiger partial charge < -0.3 is 14.5 Å². The minimum atomic E-state index is -0.0185. The fraction of sp³-hybridized carbons (Fsp3) is 0.429. The average molecular weight is 380 g/mol. The first-order valence-corrected chi connectivity index (χ1v) is 9.59. The fourth-order valence-corrected chi connectivity index (χ4v) is 3.94. The molecule has 1 aromatic heterocycles. The van der Waals surface area contributed by atoms with Crippen LogP contribution in [0.2, 0.25) is 0 Å². The lowest BCUT2D eigenvalue weighted by Crippen LogP contribution is -2.35. The summed E-state index contributed by atoms with van der Waals surface area (Å²) in [5, 5.41) is 0. The van der Waals surface area contributed by atoms with Crippen LogP contribution >= 0.6 is 0 Å². The summed E-state index contributed by atoms with van der Waals surface area (Å²) < 4.78 is 5.33. The van der Waals surface area contributed by atoms with Gasteiger partial charge in [-0.3, -0.25) is 9.59 Å². The van der Waals surface area contributed by atoms with Gasteiger partial charge in [0.2, 0.25) is 5.91 Å². The van der Waals surface area contributed by atoms with Crippen molar-refractivity contribution in [1.82, 2.24) is 19.8 Å². The van der Waals surface area contributed by atoms with E-state index in [4.69, 9.17) is 9.72 Å². The molecule has 2 aliphatic rings. The molecule has 28 heavy (non-hydrogen) atoms. The van der Waals surface area contributed by atoms with Crippen LogP contribution < -0.4 is 4.74 Å². The molecule has 2 aliphatic heterocycles.